The van der Waals surface area contributed by atoms with Crippen LogP contribution in [0.1, 0.15) is 18.4 Å². The minimum atomic E-state index is -0.235. The van der Waals surface area contributed by atoms with Crippen molar-refractivity contribution in [3.63, 3.8) is 0 Å². The normalized spacial score (nSPS) is 16.5. The number of rotatable bonds is 3. The number of nitrogens with zero attached hydrogens (tertiary/aromatic N) is 1. The van der Waals surface area contributed by atoms with E-state index in [1.54, 1.807) is 13.1 Å². The van der Waals surface area contributed by atoms with Crippen molar-refractivity contribution in [2.24, 2.45) is 11.7 Å². The van der Waals surface area contributed by atoms with E-state index in [4.69, 9.17) is 5.73 Å². The van der Waals surface area contributed by atoms with Crippen LogP contribution in [0.2, 0.25) is 0 Å². The van der Waals surface area contributed by atoms with Gasteiger partial charge in [0.15, 0.2) is 0 Å². The molecule has 1 fully saturated rings. The van der Waals surface area contributed by atoms with Crippen molar-refractivity contribution in [1.29, 1.82) is 0 Å². The molecule has 3 N–H and O–H groups in total. The summed E-state index contributed by atoms with van der Waals surface area (Å²) in [4.78, 5) is 13.6. The van der Waals surface area contributed by atoms with Gasteiger partial charge >= 0.3 is 0 Å². The third kappa shape index (κ3) is 2.87. The Kier molecular flexibility index (Phi) is 4.37. The number of anilines is 1. The van der Waals surface area contributed by atoms with E-state index < -0.39 is 0 Å². The van der Waals surface area contributed by atoms with Gasteiger partial charge in [0.05, 0.1) is 5.69 Å². The molecule has 4 nitrogen and oxygen atoms in total. The quantitative estimate of drug-likeness (QED) is 0.864. The van der Waals surface area contributed by atoms with Crippen LogP contribution in [0.15, 0.2) is 18.2 Å². The molecule has 0 aliphatic carbocycles. The predicted octanol–water partition coefficient (Wildman–Crippen LogP) is 1.25. The molecule has 0 unspecified atom stereocenters. The van der Waals surface area contributed by atoms with Gasteiger partial charge in [-0.1, -0.05) is 12.1 Å². The lowest BCUT2D eigenvalue weighted by Crippen LogP contribution is -2.40. The van der Waals surface area contributed by atoms with Crippen molar-refractivity contribution >= 4 is 11.6 Å². The number of carbonyl (C=O) groups is 1. The Bertz CT molecular complexity index is 456. The van der Waals surface area contributed by atoms with Crippen LogP contribution in [0.5, 0.6) is 0 Å². The molecule has 0 bridgehead atoms. The Morgan fingerprint density at radius 1 is 1.47 bits per heavy atom. The maximum absolute atomic E-state index is 14.0. The van der Waals surface area contributed by atoms with E-state index in [0.717, 1.165) is 18.4 Å². The molecule has 0 radical (unpaired) electrons. The molecule has 1 aromatic rings. The van der Waals surface area contributed by atoms with Crippen molar-refractivity contribution in [3.05, 3.63) is 29.6 Å². The molecule has 5 heteroatoms. The summed E-state index contributed by atoms with van der Waals surface area (Å²) < 4.78 is 14.0. The molecule has 1 aromatic carbocycles. The van der Waals surface area contributed by atoms with E-state index in [0.29, 0.717) is 25.3 Å². The molecule has 1 aliphatic heterocycles. The van der Waals surface area contributed by atoms with E-state index in [1.165, 1.54) is 6.07 Å². The summed E-state index contributed by atoms with van der Waals surface area (Å²) in [6, 6.07) is 4.99. The van der Waals surface area contributed by atoms with Crippen LogP contribution in [0, 0.1) is 11.7 Å². The van der Waals surface area contributed by atoms with Gasteiger partial charge < -0.3 is 16.0 Å². The van der Waals surface area contributed by atoms with Gasteiger partial charge in [0.2, 0.25) is 5.91 Å². The predicted molar refractivity (Wildman–Crippen MR) is 73.3 cm³/mol. The van der Waals surface area contributed by atoms with Gasteiger partial charge in [-0.05, 0) is 24.5 Å². The highest BCUT2D eigenvalue weighted by Crippen LogP contribution is 2.28. The van der Waals surface area contributed by atoms with Crippen LogP contribution in [-0.2, 0) is 11.3 Å². The molecule has 0 saturated carbocycles. The number of nitrogens with two attached hydrogens (primary N) is 1. The molecule has 1 amide bonds. The maximum atomic E-state index is 14.0. The van der Waals surface area contributed by atoms with Gasteiger partial charge in [-0.15, -0.1) is 0 Å². The second-order valence-corrected chi connectivity index (χ2v) is 4.83. The topological polar surface area (TPSA) is 58.4 Å². The molecule has 19 heavy (non-hydrogen) atoms. The first-order chi connectivity index (χ1) is 9.17. The lowest BCUT2D eigenvalue weighted by atomic mass is 9.95. The Morgan fingerprint density at radius 2 is 2.16 bits per heavy atom. The number of hydrogen-bond donors (Lipinski definition) is 2. The first-order valence-electron chi connectivity index (χ1n) is 6.61. The Morgan fingerprint density at radius 3 is 2.74 bits per heavy atom. The Labute approximate surface area is 112 Å². The highest BCUT2D eigenvalue weighted by atomic mass is 19.1. The summed E-state index contributed by atoms with van der Waals surface area (Å²) in [7, 11) is 1.65. The van der Waals surface area contributed by atoms with Gasteiger partial charge in [-0.3, -0.25) is 4.79 Å². The number of para-hydroxylation sites is 1. The lowest BCUT2D eigenvalue weighted by Gasteiger charge is -2.34. The Balaban J connectivity index is 2.12. The average molecular weight is 265 g/mol. The van der Waals surface area contributed by atoms with E-state index >= 15 is 0 Å². The van der Waals surface area contributed by atoms with E-state index in [-0.39, 0.29) is 17.6 Å². The fourth-order valence-electron chi connectivity index (χ4n) is 2.65. The fraction of sp³-hybridized carbons (Fsp3) is 0.500. The molecular formula is C14H20FN3O. The first kappa shape index (κ1) is 13.8. The standard InChI is InChI=1S/C14H20FN3O/c1-17-14(19)10-5-7-18(8-6-10)13-11(9-16)3-2-4-12(13)15/h2-4,10H,5-9,16H2,1H3,(H,17,19). The molecule has 0 aromatic heterocycles. The van der Waals surface area contributed by atoms with Crippen molar-refractivity contribution in [2.45, 2.75) is 19.4 Å². The molecule has 1 saturated heterocycles. The maximum Gasteiger partial charge on any atom is 0.222 e. The molecule has 104 valence electrons. The number of hydrogen-bond acceptors (Lipinski definition) is 3. The van der Waals surface area contributed by atoms with Crippen molar-refractivity contribution < 1.29 is 9.18 Å². The summed E-state index contributed by atoms with van der Waals surface area (Å²) >= 11 is 0. The number of piperidine rings is 1. The molecule has 0 spiro atoms. The van der Waals surface area contributed by atoms with Crippen LogP contribution in [0.4, 0.5) is 10.1 Å². The smallest absolute Gasteiger partial charge is 0.222 e. The van der Waals surface area contributed by atoms with Crippen LogP contribution < -0.4 is 16.0 Å². The van der Waals surface area contributed by atoms with E-state index in [1.807, 2.05) is 11.0 Å². The second kappa shape index (κ2) is 6.02. The third-order valence-electron chi connectivity index (χ3n) is 3.72. The lowest BCUT2D eigenvalue weighted by molar-refractivity contribution is -0.125. The number of nitrogens with one attached hydrogen (secondary N) is 1. The van der Waals surface area contributed by atoms with Gasteiger partial charge in [-0.2, -0.15) is 0 Å². The second-order valence-electron chi connectivity index (χ2n) is 4.83. The zero-order chi connectivity index (χ0) is 13.8. The van der Waals surface area contributed by atoms with Gasteiger partial charge in [0.1, 0.15) is 5.82 Å². The summed E-state index contributed by atoms with van der Waals surface area (Å²) in [6.07, 6.45) is 1.50. The minimum Gasteiger partial charge on any atom is -0.369 e. The molecular weight excluding hydrogens is 245 g/mol. The average Bonchev–Trinajstić information content (AvgIpc) is 2.46. The monoisotopic (exact) mass is 265 g/mol. The zero-order valence-electron chi connectivity index (χ0n) is 11.2. The number of benzene rings is 1. The van der Waals surface area contributed by atoms with E-state index in [2.05, 4.69) is 5.32 Å². The largest absolute Gasteiger partial charge is 0.369 e. The molecule has 2 rings (SSSR count). The first-order valence-corrected chi connectivity index (χ1v) is 6.61. The molecule has 1 aliphatic rings. The van der Waals surface area contributed by atoms with Crippen molar-refractivity contribution in [1.82, 2.24) is 5.32 Å². The highest BCUT2D eigenvalue weighted by Gasteiger charge is 2.26. The summed E-state index contributed by atoms with van der Waals surface area (Å²) in [5.41, 5.74) is 7.08. The highest BCUT2D eigenvalue weighted by molar-refractivity contribution is 5.78. The van der Waals surface area contributed by atoms with Gasteiger partial charge in [0.25, 0.3) is 0 Å². The summed E-state index contributed by atoms with van der Waals surface area (Å²) in [5, 5.41) is 2.67. The van der Waals surface area contributed by atoms with Crippen molar-refractivity contribution in [3.8, 4) is 0 Å². The zero-order valence-corrected chi connectivity index (χ0v) is 11.2. The number of carbonyl (C=O) groups excluding carboxylic acids is 1. The van der Waals surface area contributed by atoms with E-state index in [9.17, 15) is 9.18 Å². The minimum absolute atomic E-state index is 0.0364. The Hall–Kier alpha value is -1.62. The van der Waals surface area contributed by atoms with Crippen LogP contribution in [0.3, 0.4) is 0 Å². The third-order valence-corrected chi connectivity index (χ3v) is 3.72. The van der Waals surface area contributed by atoms with Crippen LogP contribution in [-0.4, -0.2) is 26.0 Å². The molecule has 0 atom stereocenters. The van der Waals surface area contributed by atoms with Gasteiger partial charge in [-0.25, -0.2) is 4.39 Å². The SMILES string of the molecule is CNC(=O)C1CCN(c2c(F)cccc2CN)CC1. The number of amides is 1. The fourth-order valence-corrected chi connectivity index (χ4v) is 2.65. The van der Waals surface area contributed by atoms with Gasteiger partial charge in [0, 0.05) is 32.6 Å². The number of halogens is 1. The van der Waals surface area contributed by atoms with Crippen molar-refractivity contribution in [2.75, 3.05) is 25.0 Å². The van der Waals surface area contributed by atoms with Crippen LogP contribution >= 0.6 is 0 Å². The van der Waals surface area contributed by atoms with Crippen LogP contribution in [0.25, 0.3) is 0 Å². The molecule has 1 heterocycles. The summed E-state index contributed by atoms with van der Waals surface area (Å²) in [6.45, 7) is 1.69. The summed E-state index contributed by atoms with van der Waals surface area (Å²) in [5.74, 6) is -0.122.